The summed E-state index contributed by atoms with van der Waals surface area (Å²) in [5.41, 5.74) is 5.12. The van der Waals surface area contributed by atoms with Gasteiger partial charge in [-0.3, -0.25) is 4.79 Å². The lowest BCUT2D eigenvalue weighted by molar-refractivity contribution is -0.137. The Kier molecular flexibility index (Phi) is 6.05. The molecule has 0 bridgehead atoms. The maximum Gasteiger partial charge on any atom is 0.242 e. The van der Waals surface area contributed by atoms with Gasteiger partial charge in [0.2, 0.25) is 5.91 Å². The van der Waals surface area contributed by atoms with Crippen molar-refractivity contribution in [3.05, 3.63) is 0 Å². The van der Waals surface area contributed by atoms with Crippen LogP contribution in [0.2, 0.25) is 0 Å². The Morgan fingerprint density at radius 1 is 1.56 bits per heavy atom. The molecule has 0 fully saturated rings. The van der Waals surface area contributed by atoms with Crippen molar-refractivity contribution in [2.45, 2.75) is 46.1 Å². The first-order valence-corrected chi connectivity index (χ1v) is 5.80. The van der Waals surface area contributed by atoms with Gasteiger partial charge in [-0.05, 0) is 19.3 Å². The molecule has 0 aliphatic rings. The van der Waals surface area contributed by atoms with E-state index < -0.39 is 5.54 Å². The van der Waals surface area contributed by atoms with E-state index in [9.17, 15) is 4.79 Å². The van der Waals surface area contributed by atoms with Crippen LogP contribution >= 0.6 is 0 Å². The number of nitrogens with zero attached hydrogens (tertiary/aromatic N) is 2. The summed E-state index contributed by atoms with van der Waals surface area (Å²) >= 11 is 0. The van der Waals surface area contributed by atoms with Crippen LogP contribution in [-0.4, -0.2) is 29.4 Å². The molecule has 0 saturated carbocycles. The molecule has 4 nitrogen and oxygen atoms in total. The number of hydrogen-bond acceptors (Lipinski definition) is 3. The zero-order valence-corrected chi connectivity index (χ0v) is 10.8. The first kappa shape index (κ1) is 14.9. The molecule has 0 aliphatic heterocycles. The lowest BCUT2D eigenvalue weighted by atomic mass is 9.98. The molecular formula is C12H23N3O. The molecule has 0 aromatic rings. The molecule has 0 aliphatic carbocycles. The molecule has 4 heteroatoms. The lowest BCUT2D eigenvalue weighted by Crippen LogP contribution is -2.53. The molecule has 0 aromatic carbocycles. The van der Waals surface area contributed by atoms with Crippen molar-refractivity contribution in [2.75, 3.05) is 13.1 Å². The van der Waals surface area contributed by atoms with Crippen molar-refractivity contribution in [3.63, 3.8) is 0 Å². The van der Waals surface area contributed by atoms with Crippen molar-refractivity contribution >= 4 is 5.91 Å². The lowest BCUT2D eigenvalue weighted by Gasteiger charge is -2.31. The van der Waals surface area contributed by atoms with Gasteiger partial charge >= 0.3 is 0 Å². The van der Waals surface area contributed by atoms with Crippen molar-refractivity contribution in [1.82, 2.24) is 4.90 Å². The highest BCUT2D eigenvalue weighted by molar-refractivity contribution is 5.85. The molecule has 1 amide bonds. The third-order valence-corrected chi connectivity index (χ3v) is 2.59. The van der Waals surface area contributed by atoms with Gasteiger partial charge in [-0.1, -0.05) is 20.8 Å². The second-order valence-corrected chi connectivity index (χ2v) is 4.82. The topological polar surface area (TPSA) is 70.1 Å². The minimum atomic E-state index is -0.815. The molecule has 0 rings (SSSR count). The van der Waals surface area contributed by atoms with Gasteiger partial charge in [-0.2, -0.15) is 5.26 Å². The fraction of sp³-hybridized carbons (Fsp3) is 0.833. The maximum atomic E-state index is 12.1. The predicted molar refractivity (Wildman–Crippen MR) is 64.5 cm³/mol. The van der Waals surface area contributed by atoms with E-state index >= 15 is 0 Å². The van der Waals surface area contributed by atoms with E-state index in [-0.39, 0.29) is 5.91 Å². The maximum absolute atomic E-state index is 12.1. The van der Waals surface area contributed by atoms with E-state index in [1.165, 1.54) is 0 Å². The normalized spacial score (nSPS) is 14.3. The van der Waals surface area contributed by atoms with Gasteiger partial charge in [0.15, 0.2) is 0 Å². The average Bonchev–Trinajstić information content (AvgIpc) is 2.22. The van der Waals surface area contributed by atoms with E-state index in [2.05, 4.69) is 6.07 Å². The first-order chi connectivity index (χ1) is 7.35. The molecule has 0 spiro atoms. The predicted octanol–water partition coefficient (Wildman–Crippen LogP) is 1.51. The van der Waals surface area contributed by atoms with Crippen molar-refractivity contribution in [3.8, 4) is 6.07 Å². The molecular weight excluding hydrogens is 202 g/mol. The second-order valence-electron chi connectivity index (χ2n) is 4.82. The Hall–Kier alpha value is -1.08. The number of nitrogens with two attached hydrogens (primary N) is 1. The minimum absolute atomic E-state index is 0.0565. The van der Waals surface area contributed by atoms with Crippen LogP contribution in [0.25, 0.3) is 0 Å². The molecule has 0 heterocycles. The summed E-state index contributed by atoms with van der Waals surface area (Å²) in [6.45, 7) is 8.87. The largest absolute Gasteiger partial charge is 0.340 e. The van der Waals surface area contributed by atoms with Gasteiger partial charge in [0, 0.05) is 13.1 Å². The Morgan fingerprint density at radius 3 is 2.50 bits per heavy atom. The molecule has 0 aromatic heterocycles. The summed E-state index contributed by atoms with van der Waals surface area (Å²) in [6, 6.07) is 2.06. The number of carbonyl (C=O) groups is 1. The van der Waals surface area contributed by atoms with E-state index in [0.29, 0.717) is 31.8 Å². The Balaban J connectivity index is 4.62. The Labute approximate surface area is 98.4 Å². The summed E-state index contributed by atoms with van der Waals surface area (Å²) < 4.78 is 0. The number of nitriles is 1. The molecule has 0 radical (unpaired) electrons. The van der Waals surface area contributed by atoms with Gasteiger partial charge in [-0.25, -0.2) is 0 Å². The number of hydrogen-bond donors (Lipinski definition) is 1. The van der Waals surface area contributed by atoms with Gasteiger partial charge in [0.25, 0.3) is 0 Å². The molecule has 16 heavy (non-hydrogen) atoms. The quantitative estimate of drug-likeness (QED) is 0.745. The van der Waals surface area contributed by atoms with Crippen LogP contribution in [-0.2, 0) is 4.79 Å². The first-order valence-electron chi connectivity index (χ1n) is 5.80. The summed E-state index contributed by atoms with van der Waals surface area (Å²) in [7, 11) is 0. The number of carbonyl (C=O) groups excluding carboxylic acids is 1. The summed E-state index contributed by atoms with van der Waals surface area (Å²) in [6.07, 6.45) is 0.964. The van der Waals surface area contributed by atoms with Crippen LogP contribution in [0, 0.1) is 17.2 Å². The summed E-state index contributed by atoms with van der Waals surface area (Å²) in [5, 5.41) is 8.57. The third-order valence-electron chi connectivity index (χ3n) is 2.59. The highest BCUT2D eigenvalue weighted by atomic mass is 16.2. The molecule has 92 valence electrons. The monoisotopic (exact) mass is 225 g/mol. The van der Waals surface area contributed by atoms with Crippen molar-refractivity contribution in [1.29, 1.82) is 5.26 Å². The minimum Gasteiger partial charge on any atom is -0.340 e. The molecule has 0 saturated heterocycles. The van der Waals surface area contributed by atoms with Crippen LogP contribution in [0.1, 0.15) is 40.5 Å². The molecule has 2 N–H and O–H groups in total. The van der Waals surface area contributed by atoms with Crippen LogP contribution in [0.4, 0.5) is 0 Å². The van der Waals surface area contributed by atoms with Crippen molar-refractivity contribution in [2.24, 2.45) is 11.7 Å². The standard InChI is InChI=1S/C12H23N3O/c1-5-12(4,14)11(16)15(8-6-7-13)9-10(2)3/h10H,5-6,8-9,14H2,1-4H3. The van der Waals surface area contributed by atoms with E-state index in [1.54, 1.807) is 11.8 Å². The van der Waals surface area contributed by atoms with Crippen LogP contribution in [0.15, 0.2) is 0 Å². The summed E-state index contributed by atoms with van der Waals surface area (Å²) in [4.78, 5) is 13.8. The van der Waals surface area contributed by atoms with Gasteiger partial charge in [-0.15, -0.1) is 0 Å². The average molecular weight is 225 g/mol. The van der Waals surface area contributed by atoms with Crippen LogP contribution in [0.3, 0.4) is 0 Å². The van der Waals surface area contributed by atoms with E-state index in [1.807, 2.05) is 20.8 Å². The highest BCUT2D eigenvalue weighted by Gasteiger charge is 2.30. The van der Waals surface area contributed by atoms with Crippen LogP contribution < -0.4 is 5.73 Å². The van der Waals surface area contributed by atoms with Crippen molar-refractivity contribution < 1.29 is 4.79 Å². The van der Waals surface area contributed by atoms with Crippen LogP contribution in [0.5, 0.6) is 0 Å². The smallest absolute Gasteiger partial charge is 0.242 e. The van der Waals surface area contributed by atoms with E-state index in [0.717, 1.165) is 0 Å². The fourth-order valence-electron chi connectivity index (χ4n) is 1.41. The second kappa shape index (κ2) is 6.49. The third kappa shape index (κ3) is 4.63. The highest BCUT2D eigenvalue weighted by Crippen LogP contribution is 2.12. The Morgan fingerprint density at radius 2 is 2.12 bits per heavy atom. The zero-order valence-electron chi connectivity index (χ0n) is 10.8. The van der Waals surface area contributed by atoms with Gasteiger partial charge < -0.3 is 10.6 Å². The Bertz CT molecular complexity index is 266. The molecule has 1 atom stereocenters. The number of rotatable bonds is 6. The number of amides is 1. The van der Waals surface area contributed by atoms with Gasteiger partial charge in [0.05, 0.1) is 18.0 Å². The SMILES string of the molecule is CCC(C)(N)C(=O)N(CCC#N)CC(C)C. The zero-order chi connectivity index (χ0) is 12.8. The van der Waals surface area contributed by atoms with Gasteiger partial charge in [0.1, 0.15) is 0 Å². The summed E-state index contributed by atoms with van der Waals surface area (Å²) in [5.74, 6) is 0.328. The fourth-order valence-corrected chi connectivity index (χ4v) is 1.41. The molecule has 1 unspecified atom stereocenters. The van der Waals surface area contributed by atoms with E-state index in [4.69, 9.17) is 11.0 Å².